The van der Waals surface area contributed by atoms with Crippen LogP contribution in [0.15, 0.2) is 52.9 Å². The number of benzene rings is 3. The van der Waals surface area contributed by atoms with Gasteiger partial charge in [0.05, 0.1) is 60.3 Å². The summed E-state index contributed by atoms with van der Waals surface area (Å²) in [6.07, 6.45) is -1.34. The van der Waals surface area contributed by atoms with E-state index in [1.54, 1.807) is 48.5 Å². The highest BCUT2D eigenvalue weighted by molar-refractivity contribution is 6.37. The number of hydrogen-bond donors (Lipinski definition) is 2. The van der Waals surface area contributed by atoms with E-state index < -0.39 is 18.2 Å². The predicted molar refractivity (Wildman–Crippen MR) is 165 cm³/mol. The highest BCUT2D eigenvalue weighted by Crippen LogP contribution is 2.35. The van der Waals surface area contributed by atoms with Crippen LogP contribution in [0.1, 0.15) is 35.2 Å². The van der Waals surface area contributed by atoms with Crippen molar-refractivity contribution < 1.29 is 43.2 Å². The SMILES string of the molecule is COC(=O)CCc1cc(Cl)c(OCCC(O)C(O)CCOc2ccc(-c3nc4ccc(C(=O)OC)cc4o3)cc2Cl)c(Cl)c1. The maximum atomic E-state index is 11.8. The maximum Gasteiger partial charge on any atom is 0.337 e. The molecular formula is C31H30Cl3NO9. The van der Waals surface area contributed by atoms with Gasteiger partial charge in [-0.25, -0.2) is 9.78 Å². The second kappa shape index (κ2) is 15.5. The third-order valence-electron chi connectivity index (χ3n) is 6.67. The number of aromatic nitrogens is 1. The lowest BCUT2D eigenvalue weighted by atomic mass is 10.1. The molecule has 0 saturated carbocycles. The molecule has 0 saturated heterocycles. The van der Waals surface area contributed by atoms with Crippen molar-refractivity contribution in [2.75, 3.05) is 27.4 Å². The Kier molecular flexibility index (Phi) is 11.7. The Hall–Kier alpha value is -3.54. The molecule has 234 valence electrons. The number of nitrogens with zero attached hydrogens (tertiary/aromatic N) is 1. The molecule has 0 aliphatic heterocycles. The molecule has 0 spiro atoms. The smallest absolute Gasteiger partial charge is 0.337 e. The van der Waals surface area contributed by atoms with E-state index in [9.17, 15) is 19.8 Å². The Morgan fingerprint density at radius 2 is 1.55 bits per heavy atom. The lowest BCUT2D eigenvalue weighted by molar-refractivity contribution is -0.140. The Morgan fingerprint density at radius 1 is 0.864 bits per heavy atom. The zero-order valence-corrected chi connectivity index (χ0v) is 26.1. The molecule has 44 heavy (non-hydrogen) atoms. The topological polar surface area (TPSA) is 138 Å². The van der Waals surface area contributed by atoms with Crippen LogP contribution in [0.4, 0.5) is 0 Å². The molecule has 0 amide bonds. The van der Waals surface area contributed by atoms with Gasteiger partial charge in [-0.15, -0.1) is 0 Å². The first kappa shape index (κ1) is 33.4. The van der Waals surface area contributed by atoms with E-state index in [4.69, 9.17) is 53.4 Å². The summed E-state index contributed by atoms with van der Waals surface area (Å²) in [5.41, 5.74) is 2.69. The predicted octanol–water partition coefficient (Wildman–Crippen LogP) is 6.31. The van der Waals surface area contributed by atoms with Crippen LogP contribution < -0.4 is 9.47 Å². The first-order valence-corrected chi connectivity index (χ1v) is 14.7. The van der Waals surface area contributed by atoms with Crippen LogP contribution in [0.3, 0.4) is 0 Å². The van der Waals surface area contributed by atoms with Crippen LogP contribution >= 0.6 is 34.8 Å². The van der Waals surface area contributed by atoms with Gasteiger partial charge in [0.2, 0.25) is 5.89 Å². The molecule has 1 aromatic heterocycles. The van der Waals surface area contributed by atoms with Gasteiger partial charge in [-0.2, -0.15) is 0 Å². The minimum absolute atomic E-state index is 0.0488. The summed E-state index contributed by atoms with van der Waals surface area (Å²) in [5, 5.41) is 21.6. The van der Waals surface area contributed by atoms with E-state index in [0.29, 0.717) is 45.3 Å². The van der Waals surface area contributed by atoms with Crippen LogP contribution in [-0.4, -0.2) is 66.8 Å². The Labute approximate surface area is 268 Å². The number of carbonyl (C=O) groups excluding carboxylic acids is 2. The van der Waals surface area contributed by atoms with Crippen LogP contribution in [0.25, 0.3) is 22.6 Å². The number of aliphatic hydroxyl groups excluding tert-OH is 2. The zero-order valence-electron chi connectivity index (χ0n) is 23.8. The van der Waals surface area contributed by atoms with E-state index >= 15 is 0 Å². The molecule has 4 rings (SSSR count). The first-order valence-electron chi connectivity index (χ1n) is 13.5. The van der Waals surface area contributed by atoms with Gasteiger partial charge in [0, 0.05) is 24.8 Å². The van der Waals surface area contributed by atoms with E-state index in [-0.39, 0.29) is 54.2 Å². The molecule has 4 aromatic rings. The lowest BCUT2D eigenvalue weighted by Crippen LogP contribution is -2.29. The third-order valence-corrected chi connectivity index (χ3v) is 7.52. The standard InChI is InChI=1S/C31H30Cl3NO9/c1-40-28(38)8-3-17-13-21(33)29(22(34)14-17)43-12-10-25(37)24(36)9-11-42-26-7-5-18(15-20(26)32)30-35-23-6-4-19(31(39)41-2)16-27(23)44-30/h4-7,13-16,24-25,36-37H,3,8-12H2,1-2H3. The molecule has 13 heteroatoms. The minimum Gasteiger partial charge on any atom is -0.492 e. The highest BCUT2D eigenvalue weighted by atomic mass is 35.5. The number of ether oxygens (including phenoxy) is 4. The summed E-state index contributed by atoms with van der Waals surface area (Å²) in [7, 11) is 2.62. The van der Waals surface area contributed by atoms with Gasteiger partial charge in [-0.3, -0.25) is 4.79 Å². The maximum absolute atomic E-state index is 11.8. The summed E-state index contributed by atoms with van der Waals surface area (Å²) in [4.78, 5) is 27.6. The van der Waals surface area contributed by atoms with Crippen molar-refractivity contribution in [2.24, 2.45) is 0 Å². The average Bonchev–Trinajstić information content (AvgIpc) is 3.45. The van der Waals surface area contributed by atoms with E-state index in [1.807, 2.05) is 0 Å². The van der Waals surface area contributed by atoms with Crippen molar-refractivity contribution in [1.82, 2.24) is 4.98 Å². The first-order chi connectivity index (χ1) is 21.1. The van der Waals surface area contributed by atoms with Gasteiger partial charge in [0.1, 0.15) is 11.3 Å². The molecule has 0 aliphatic rings. The number of aliphatic hydroxyl groups is 2. The molecule has 0 aliphatic carbocycles. The molecule has 0 radical (unpaired) electrons. The number of esters is 2. The van der Waals surface area contributed by atoms with Gasteiger partial charge < -0.3 is 33.6 Å². The van der Waals surface area contributed by atoms with Gasteiger partial charge in [-0.1, -0.05) is 34.8 Å². The van der Waals surface area contributed by atoms with Gasteiger partial charge in [0.25, 0.3) is 0 Å². The second-order valence-electron chi connectivity index (χ2n) is 9.71. The normalized spacial score (nSPS) is 12.5. The number of rotatable bonds is 14. The summed E-state index contributed by atoms with van der Waals surface area (Å²) < 4.78 is 26.6. The monoisotopic (exact) mass is 665 g/mol. The molecule has 2 atom stereocenters. The van der Waals surface area contributed by atoms with Crippen molar-refractivity contribution in [3.05, 3.63) is 74.7 Å². The number of hydrogen-bond acceptors (Lipinski definition) is 10. The lowest BCUT2D eigenvalue weighted by Gasteiger charge is -2.19. The summed E-state index contributed by atoms with van der Waals surface area (Å²) in [6, 6.07) is 13.1. The summed E-state index contributed by atoms with van der Waals surface area (Å²) in [5.74, 6) is 0.123. The van der Waals surface area contributed by atoms with Crippen molar-refractivity contribution in [3.63, 3.8) is 0 Å². The van der Waals surface area contributed by atoms with Crippen LogP contribution in [0.2, 0.25) is 15.1 Å². The van der Waals surface area contributed by atoms with E-state index in [1.165, 1.54) is 14.2 Å². The highest BCUT2D eigenvalue weighted by Gasteiger charge is 2.19. The van der Waals surface area contributed by atoms with E-state index in [2.05, 4.69) is 9.72 Å². The van der Waals surface area contributed by atoms with Gasteiger partial charge in [-0.05, 0) is 60.5 Å². The van der Waals surface area contributed by atoms with Crippen LogP contribution in [0.5, 0.6) is 11.5 Å². The molecule has 10 nitrogen and oxygen atoms in total. The number of halogens is 3. The fourth-order valence-corrected chi connectivity index (χ4v) is 5.12. The molecule has 0 bridgehead atoms. The zero-order chi connectivity index (χ0) is 31.8. The molecule has 2 unspecified atom stereocenters. The quantitative estimate of drug-likeness (QED) is 0.147. The number of aryl methyl sites for hydroxylation is 1. The molecule has 1 heterocycles. The summed E-state index contributed by atoms with van der Waals surface area (Å²) >= 11 is 19.0. The summed E-state index contributed by atoms with van der Waals surface area (Å²) in [6.45, 7) is 0.134. The van der Waals surface area contributed by atoms with Gasteiger partial charge >= 0.3 is 11.9 Å². The second-order valence-corrected chi connectivity index (χ2v) is 10.9. The van der Waals surface area contributed by atoms with Crippen LogP contribution in [0, 0.1) is 0 Å². The van der Waals surface area contributed by atoms with Gasteiger partial charge in [0.15, 0.2) is 11.3 Å². The number of fused-ring (bicyclic) bond motifs is 1. The van der Waals surface area contributed by atoms with Crippen LogP contribution in [-0.2, 0) is 20.7 Å². The molecule has 3 aromatic carbocycles. The third kappa shape index (κ3) is 8.55. The van der Waals surface area contributed by atoms with Crippen molar-refractivity contribution in [2.45, 2.75) is 37.9 Å². The Bertz CT molecular complexity index is 1600. The molecular weight excluding hydrogens is 637 g/mol. The number of methoxy groups -OCH3 is 2. The molecule has 0 fully saturated rings. The average molecular weight is 667 g/mol. The number of carbonyl (C=O) groups is 2. The Balaban J connectivity index is 1.25. The number of oxazole rings is 1. The fraction of sp³-hybridized carbons (Fsp3) is 0.323. The van der Waals surface area contributed by atoms with E-state index in [0.717, 1.165) is 5.56 Å². The largest absolute Gasteiger partial charge is 0.492 e. The van der Waals surface area contributed by atoms with Crippen molar-refractivity contribution in [1.29, 1.82) is 0 Å². The Morgan fingerprint density at radius 3 is 2.18 bits per heavy atom. The van der Waals surface area contributed by atoms with Crippen molar-refractivity contribution >= 4 is 57.8 Å². The molecule has 2 N–H and O–H groups in total. The fourth-order valence-electron chi connectivity index (χ4n) is 4.24. The van der Waals surface area contributed by atoms with Crippen molar-refractivity contribution in [3.8, 4) is 23.0 Å². The minimum atomic E-state index is -1.09.